The number of rotatable bonds is 8. The summed E-state index contributed by atoms with van der Waals surface area (Å²) in [5.74, 6) is 1.57. The number of benzene rings is 2. The third kappa shape index (κ3) is 5.37. The van der Waals surface area contributed by atoms with Crippen molar-refractivity contribution in [3.8, 4) is 12.3 Å². The topological polar surface area (TPSA) is 139 Å². The summed E-state index contributed by atoms with van der Waals surface area (Å²) < 4.78 is 26.3. The van der Waals surface area contributed by atoms with Gasteiger partial charge in [-0.1, -0.05) is 12.0 Å². The molecular formula is C18H17N3O6S. The summed E-state index contributed by atoms with van der Waals surface area (Å²) in [7, 11) is -3.84. The number of carbonyl (C=O) groups excluding carboxylic acids is 1. The van der Waals surface area contributed by atoms with Crippen LogP contribution in [0, 0.1) is 22.5 Å². The van der Waals surface area contributed by atoms with E-state index in [0.29, 0.717) is 5.56 Å². The smallest absolute Gasteiger partial charge is 0.269 e. The SMILES string of the molecule is C#CCNS(=O)(=O)c1cccc(C(=O)NCC(O)c2ccc([N+](=O)[O-])cc2)c1. The van der Waals surface area contributed by atoms with Crippen molar-refractivity contribution in [2.75, 3.05) is 13.1 Å². The van der Waals surface area contributed by atoms with Crippen molar-refractivity contribution in [2.45, 2.75) is 11.0 Å². The second-order valence-corrected chi connectivity index (χ2v) is 7.40. The molecule has 3 N–H and O–H groups in total. The first-order chi connectivity index (χ1) is 13.2. The van der Waals surface area contributed by atoms with Crippen molar-refractivity contribution >= 4 is 21.6 Å². The van der Waals surface area contributed by atoms with Gasteiger partial charge in [-0.15, -0.1) is 6.42 Å². The Morgan fingerprint density at radius 1 is 1.25 bits per heavy atom. The summed E-state index contributed by atoms with van der Waals surface area (Å²) in [6.45, 7) is -0.344. The first kappa shape index (κ1) is 21.0. The Bertz CT molecular complexity index is 1010. The maximum Gasteiger partial charge on any atom is 0.269 e. The van der Waals surface area contributed by atoms with E-state index in [0.717, 1.165) is 0 Å². The van der Waals surface area contributed by atoms with E-state index in [4.69, 9.17) is 6.42 Å². The largest absolute Gasteiger partial charge is 0.387 e. The Morgan fingerprint density at radius 2 is 1.93 bits per heavy atom. The van der Waals surface area contributed by atoms with E-state index in [-0.39, 0.29) is 29.2 Å². The van der Waals surface area contributed by atoms with Gasteiger partial charge in [-0.2, -0.15) is 4.72 Å². The molecule has 0 saturated heterocycles. The first-order valence-electron chi connectivity index (χ1n) is 7.98. The normalized spacial score (nSPS) is 12.0. The fourth-order valence-electron chi connectivity index (χ4n) is 2.25. The van der Waals surface area contributed by atoms with Gasteiger partial charge in [0.05, 0.1) is 22.5 Å². The number of amides is 1. The van der Waals surface area contributed by atoms with Crippen LogP contribution < -0.4 is 10.0 Å². The van der Waals surface area contributed by atoms with Gasteiger partial charge < -0.3 is 10.4 Å². The maximum absolute atomic E-state index is 12.3. The second kappa shape index (κ2) is 9.09. The fourth-order valence-corrected chi connectivity index (χ4v) is 3.23. The summed E-state index contributed by atoms with van der Waals surface area (Å²) >= 11 is 0. The Kier molecular flexibility index (Phi) is 6.84. The molecule has 0 spiro atoms. The molecule has 0 aliphatic carbocycles. The molecule has 2 aromatic rings. The third-order valence-corrected chi connectivity index (χ3v) is 5.11. The molecule has 0 heterocycles. The van der Waals surface area contributed by atoms with E-state index in [1.807, 2.05) is 0 Å². The number of carbonyl (C=O) groups is 1. The zero-order valence-electron chi connectivity index (χ0n) is 14.5. The lowest BCUT2D eigenvalue weighted by molar-refractivity contribution is -0.384. The van der Waals surface area contributed by atoms with Gasteiger partial charge in [0.1, 0.15) is 0 Å². The standard InChI is InChI=1S/C18H17N3O6S/c1-2-10-20-28(26,27)16-5-3-4-14(11-16)18(23)19-12-17(22)13-6-8-15(9-7-13)21(24)25/h1,3-9,11,17,20,22H,10,12H2,(H,19,23). The Balaban J connectivity index is 2.04. The summed E-state index contributed by atoms with van der Waals surface area (Å²) in [6.07, 6.45) is 3.94. The molecule has 0 bridgehead atoms. The van der Waals surface area contributed by atoms with Gasteiger partial charge in [0, 0.05) is 24.2 Å². The van der Waals surface area contributed by atoms with Crippen molar-refractivity contribution < 1.29 is 23.2 Å². The number of hydrogen-bond donors (Lipinski definition) is 3. The molecule has 28 heavy (non-hydrogen) atoms. The van der Waals surface area contributed by atoms with Crippen LogP contribution in [0.2, 0.25) is 0 Å². The molecule has 2 aromatic carbocycles. The van der Waals surface area contributed by atoms with Crippen LogP contribution in [0.5, 0.6) is 0 Å². The van der Waals surface area contributed by atoms with Crippen molar-refractivity contribution in [1.82, 2.24) is 10.0 Å². The van der Waals surface area contributed by atoms with Crippen LogP contribution in [0.4, 0.5) is 5.69 Å². The number of nitro benzene ring substituents is 1. The van der Waals surface area contributed by atoms with Crippen molar-refractivity contribution in [3.05, 3.63) is 69.8 Å². The third-order valence-electron chi connectivity index (χ3n) is 3.72. The molecule has 0 fully saturated rings. The molecule has 1 amide bonds. The summed E-state index contributed by atoms with van der Waals surface area (Å²) in [5, 5.41) is 23.2. The molecule has 0 radical (unpaired) electrons. The molecule has 10 heteroatoms. The van der Waals surface area contributed by atoms with Crippen molar-refractivity contribution in [1.29, 1.82) is 0 Å². The minimum Gasteiger partial charge on any atom is -0.387 e. The average Bonchev–Trinajstić information content (AvgIpc) is 2.70. The van der Waals surface area contributed by atoms with E-state index < -0.39 is 27.0 Å². The Morgan fingerprint density at radius 3 is 2.54 bits per heavy atom. The van der Waals surface area contributed by atoms with E-state index in [9.17, 15) is 28.4 Å². The summed E-state index contributed by atoms with van der Waals surface area (Å²) in [6, 6.07) is 10.6. The van der Waals surface area contributed by atoms with Gasteiger partial charge in [-0.3, -0.25) is 14.9 Å². The van der Waals surface area contributed by atoms with E-state index >= 15 is 0 Å². The highest BCUT2D eigenvalue weighted by Gasteiger charge is 2.17. The van der Waals surface area contributed by atoms with E-state index in [1.54, 1.807) is 0 Å². The number of nitrogens with one attached hydrogen (secondary N) is 2. The number of aliphatic hydroxyl groups excluding tert-OH is 1. The van der Waals surface area contributed by atoms with Gasteiger partial charge in [-0.05, 0) is 35.9 Å². The number of hydrogen-bond acceptors (Lipinski definition) is 6. The number of sulfonamides is 1. The monoisotopic (exact) mass is 403 g/mol. The van der Waals surface area contributed by atoms with Crippen LogP contribution in [0.25, 0.3) is 0 Å². The van der Waals surface area contributed by atoms with Crippen molar-refractivity contribution in [3.63, 3.8) is 0 Å². The lowest BCUT2D eigenvalue weighted by Gasteiger charge is -2.13. The second-order valence-electron chi connectivity index (χ2n) is 5.63. The van der Waals surface area contributed by atoms with Crippen LogP contribution in [0.1, 0.15) is 22.0 Å². The van der Waals surface area contributed by atoms with Crippen LogP contribution in [-0.4, -0.2) is 37.4 Å². The maximum atomic E-state index is 12.3. The molecule has 146 valence electrons. The van der Waals surface area contributed by atoms with Crippen LogP contribution in [0.15, 0.2) is 53.4 Å². The van der Waals surface area contributed by atoms with Gasteiger partial charge in [0.2, 0.25) is 10.0 Å². The van der Waals surface area contributed by atoms with E-state index in [1.165, 1.54) is 48.5 Å². The van der Waals surface area contributed by atoms with E-state index in [2.05, 4.69) is 16.0 Å². The predicted octanol–water partition coefficient (Wildman–Crippen LogP) is 0.970. The van der Waals surface area contributed by atoms with Gasteiger partial charge in [-0.25, -0.2) is 8.42 Å². The van der Waals surface area contributed by atoms with Crippen LogP contribution in [0.3, 0.4) is 0 Å². The zero-order chi connectivity index (χ0) is 20.7. The minimum absolute atomic E-state index is 0.0829. The zero-order valence-corrected chi connectivity index (χ0v) is 15.3. The highest BCUT2D eigenvalue weighted by Crippen LogP contribution is 2.17. The first-order valence-corrected chi connectivity index (χ1v) is 9.46. The lowest BCUT2D eigenvalue weighted by Crippen LogP contribution is -2.29. The Labute approximate surface area is 161 Å². The van der Waals surface area contributed by atoms with Gasteiger partial charge in [0.25, 0.3) is 11.6 Å². The van der Waals surface area contributed by atoms with Crippen molar-refractivity contribution in [2.24, 2.45) is 0 Å². The molecule has 9 nitrogen and oxygen atoms in total. The van der Waals surface area contributed by atoms with Gasteiger partial charge in [0.15, 0.2) is 0 Å². The number of aliphatic hydroxyl groups is 1. The summed E-state index contributed by atoms with van der Waals surface area (Å²) in [5.41, 5.74) is 0.358. The highest BCUT2D eigenvalue weighted by molar-refractivity contribution is 7.89. The van der Waals surface area contributed by atoms with Crippen LogP contribution in [-0.2, 0) is 10.0 Å². The molecule has 0 saturated carbocycles. The van der Waals surface area contributed by atoms with Gasteiger partial charge >= 0.3 is 0 Å². The predicted molar refractivity (Wildman–Crippen MR) is 101 cm³/mol. The molecule has 1 unspecified atom stereocenters. The quantitative estimate of drug-likeness (QED) is 0.341. The molecule has 2 rings (SSSR count). The Hall–Kier alpha value is -3.26. The highest BCUT2D eigenvalue weighted by atomic mass is 32.2. The molecule has 0 aromatic heterocycles. The number of nitro groups is 1. The molecule has 0 aliphatic rings. The average molecular weight is 403 g/mol. The lowest BCUT2D eigenvalue weighted by atomic mass is 10.1. The number of terminal acetylenes is 1. The van der Waals surface area contributed by atoms with Crippen LogP contribution >= 0.6 is 0 Å². The molecular weight excluding hydrogens is 386 g/mol. The number of nitrogens with zero attached hydrogens (tertiary/aromatic N) is 1. The number of non-ortho nitro benzene ring substituents is 1. The fraction of sp³-hybridized carbons (Fsp3) is 0.167. The molecule has 1 atom stereocenters. The summed E-state index contributed by atoms with van der Waals surface area (Å²) in [4.78, 5) is 22.2. The molecule has 0 aliphatic heterocycles. The minimum atomic E-state index is -3.84.